The van der Waals surface area contributed by atoms with E-state index in [1.807, 2.05) is 0 Å². The fraction of sp³-hybridized carbons (Fsp3) is 0.714. The van der Waals surface area contributed by atoms with Crippen LogP contribution in [-0.2, 0) is 14.3 Å². The molecular formula is C28H44F2O4. The molecule has 0 saturated heterocycles. The third-order valence-electron chi connectivity index (χ3n) is 5.84. The quantitative estimate of drug-likeness (QED) is 0.100. The van der Waals surface area contributed by atoms with E-state index < -0.39 is 17.6 Å². The number of esters is 2. The van der Waals surface area contributed by atoms with Crippen molar-refractivity contribution in [3.63, 3.8) is 0 Å². The lowest BCUT2D eigenvalue weighted by Gasteiger charge is -2.06. The van der Waals surface area contributed by atoms with Gasteiger partial charge in [0.25, 0.3) is 0 Å². The number of carbonyl (C=O) groups is 2. The Balaban J connectivity index is 1.86. The highest BCUT2D eigenvalue weighted by molar-refractivity contribution is 5.72. The molecule has 0 saturated carbocycles. The Bertz CT molecular complexity index is 658. The van der Waals surface area contributed by atoms with Gasteiger partial charge in [0, 0.05) is 31.0 Å². The van der Waals surface area contributed by atoms with Crippen molar-refractivity contribution in [1.29, 1.82) is 0 Å². The molecule has 0 amide bonds. The van der Waals surface area contributed by atoms with Gasteiger partial charge in [-0.05, 0) is 19.3 Å². The Morgan fingerprint density at radius 1 is 0.618 bits per heavy atom. The summed E-state index contributed by atoms with van der Waals surface area (Å²) in [6, 6.07) is 2.62. The highest BCUT2D eigenvalue weighted by Gasteiger charge is 2.09. The largest absolute Gasteiger partial charge is 0.466 e. The first-order valence-electron chi connectivity index (χ1n) is 13.3. The molecule has 194 valence electrons. The first kappa shape index (κ1) is 30.1. The monoisotopic (exact) mass is 482 g/mol. The van der Waals surface area contributed by atoms with Crippen molar-refractivity contribution in [3.8, 4) is 5.75 Å². The van der Waals surface area contributed by atoms with Crippen molar-refractivity contribution in [2.45, 2.75) is 122 Å². The van der Waals surface area contributed by atoms with Crippen LogP contribution >= 0.6 is 0 Å². The summed E-state index contributed by atoms with van der Waals surface area (Å²) in [5.74, 6) is -2.60. The molecule has 0 aromatic heterocycles. The summed E-state index contributed by atoms with van der Waals surface area (Å²) in [6.07, 6.45) is 19.3. The minimum Gasteiger partial charge on any atom is -0.466 e. The summed E-state index contributed by atoms with van der Waals surface area (Å²) in [5, 5.41) is 0. The van der Waals surface area contributed by atoms with E-state index in [1.54, 1.807) is 0 Å². The average Bonchev–Trinajstić information content (AvgIpc) is 2.78. The minimum atomic E-state index is -0.802. The lowest BCUT2D eigenvalue weighted by molar-refractivity contribution is -0.144. The molecule has 1 aromatic carbocycles. The Kier molecular flexibility index (Phi) is 18.0. The summed E-state index contributed by atoms with van der Waals surface area (Å²) < 4.78 is 36.3. The van der Waals surface area contributed by atoms with Crippen molar-refractivity contribution in [3.05, 3.63) is 29.8 Å². The molecule has 0 N–H and O–H groups in total. The summed E-state index contributed by atoms with van der Waals surface area (Å²) >= 11 is 0. The lowest BCUT2D eigenvalue weighted by atomic mass is 10.0. The first-order valence-corrected chi connectivity index (χ1v) is 13.3. The number of halogens is 2. The predicted molar refractivity (Wildman–Crippen MR) is 132 cm³/mol. The second kappa shape index (κ2) is 20.4. The Morgan fingerprint density at radius 2 is 1.06 bits per heavy atom. The second-order valence-electron chi connectivity index (χ2n) is 9.10. The number of hydrogen-bond acceptors (Lipinski definition) is 4. The van der Waals surface area contributed by atoms with Crippen LogP contribution in [0.5, 0.6) is 5.75 Å². The fourth-order valence-corrected chi connectivity index (χ4v) is 3.86. The van der Waals surface area contributed by atoms with Gasteiger partial charge >= 0.3 is 11.9 Å². The standard InChI is InChI=1S/C28H44F2O4/c1-2-3-4-5-6-7-8-9-10-11-12-13-14-17-20-33-27(31)18-15-16-19-28(32)34-26-22-24(29)21-25(30)23-26/h21-23H,2-20H2,1H3. The average molecular weight is 483 g/mol. The number of hydrogen-bond donors (Lipinski definition) is 0. The van der Waals surface area contributed by atoms with Crippen LogP contribution in [0.4, 0.5) is 8.78 Å². The molecule has 0 aliphatic carbocycles. The van der Waals surface area contributed by atoms with Gasteiger partial charge in [-0.25, -0.2) is 8.78 Å². The van der Waals surface area contributed by atoms with E-state index in [-0.39, 0.29) is 24.6 Å². The molecule has 1 aromatic rings. The lowest BCUT2D eigenvalue weighted by Crippen LogP contribution is -2.09. The van der Waals surface area contributed by atoms with Crippen LogP contribution in [0, 0.1) is 11.6 Å². The normalized spacial score (nSPS) is 10.9. The van der Waals surface area contributed by atoms with Crippen LogP contribution in [0.3, 0.4) is 0 Å². The number of rotatable bonds is 21. The Hall–Kier alpha value is -1.98. The van der Waals surface area contributed by atoms with E-state index in [9.17, 15) is 18.4 Å². The van der Waals surface area contributed by atoms with Crippen molar-refractivity contribution >= 4 is 11.9 Å². The van der Waals surface area contributed by atoms with Crippen LogP contribution in [-0.4, -0.2) is 18.5 Å². The van der Waals surface area contributed by atoms with E-state index in [0.29, 0.717) is 25.5 Å². The van der Waals surface area contributed by atoms with Gasteiger partial charge in [0.1, 0.15) is 17.4 Å². The topological polar surface area (TPSA) is 52.6 Å². The molecule has 6 heteroatoms. The molecule has 0 fully saturated rings. The zero-order valence-corrected chi connectivity index (χ0v) is 21.1. The van der Waals surface area contributed by atoms with Gasteiger partial charge in [0.15, 0.2) is 0 Å². The van der Waals surface area contributed by atoms with Gasteiger partial charge in [-0.1, -0.05) is 90.4 Å². The molecule has 0 spiro atoms. The van der Waals surface area contributed by atoms with Gasteiger partial charge in [-0.15, -0.1) is 0 Å². The Labute approximate surface area is 204 Å². The highest BCUT2D eigenvalue weighted by Crippen LogP contribution is 2.17. The SMILES string of the molecule is CCCCCCCCCCCCCCCCOC(=O)CCCCC(=O)Oc1cc(F)cc(F)c1. The molecule has 0 bridgehead atoms. The molecule has 34 heavy (non-hydrogen) atoms. The number of unbranched alkanes of at least 4 members (excludes halogenated alkanes) is 14. The van der Waals surface area contributed by atoms with Gasteiger partial charge < -0.3 is 9.47 Å². The van der Waals surface area contributed by atoms with Crippen LogP contribution < -0.4 is 4.74 Å². The van der Waals surface area contributed by atoms with Crippen LogP contribution in [0.2, 0.25) is 0 Å². The number of ether oxygens (including phenoxy) is 2. The summed E-state index contributed by atoms with van der Waals surface area (Å²) in [4.78, 5) is 23.5. The molecule has 0 aliphatic heterocycles. The van der Waals surface area contributed by atoms with Crippen molar-refractivity contribution < 1.29 is 27.8 Å². The molecule has 1 rings (SSSR count). The number of carbonyl (C=O) groups excluding carboxylic acids is 2. The molecule has 0 atom stereocenters. The second-order valence-corrected chi connectivity index (χ2v) is 9.10. The maximum atomic E-state index is 13.1. The summed E-state index contributed by atoms with van der Waals surface area (Å²) in [6.45, 7) is 2.70. The molecule has 0 radical (unpaired) electrons. The summed E-state index contributed by atoms with van der Waals surface area (Å²) in [5.41, 5.74) is 0. The summed E-state index contributed by atoms with van der Waals surface area (Å²) in [7, 11) is 0. The fourth-order valence-electron chi connectivity index (χ4n) is 3.86. The zero-order valence-electron chi connectivity index (χ0n) is 21.1. The van der Waals surface area contributed by atoms with E-state index in [0.717, 1.165) is 25.0 Å². The smallest absolute Gasteiger partial charge is 0.311 e. The molecule has 0 aliphatic rings. The van der Waals surface area contributed by atoms with Crippen molar-refractivity contribution in [1.82, 2.24) is 0 Å². The van der Waals surface area contributed by atoms with Crippen molar-refractivity contribution in [2.24, 2.45) is 0 Å². The van der Waals surface area contributed by atoms with Crippen LogP contribution in [0.15, 0.2) is 18.2 Å². The van der Waals surface area contributed by atoms with Crippen LogP contribution in [0.25, 0.3) is 0 Å². The molecule has 0 unspecified atom stereocenters. The molecule has 0 heterocycles. The molecule has 4 nitrogen and oxygen atoms in total. The van der Waals surface area contributed by atoms with E-state index in [1.165, 1.54) is 77.0 Å². The maximum Gasteiger partial charge on any atom is 0.311 e. The van der Waals surface area contributed by atoms with Crippen LogP contribution in [0.1, 0.15) is 122 Å². The third kappa shape index (κ3) is 17.5. The van der Waals surface area contributed by atoms with Gasteiger partial charge in [0.05, 0.1) is 6.61 Å². The first-order chi connectivity index (χ1) is 16.5. The van der Waals surface area contributed by atoms with Gasteiger partial charge in [0.2, 0.25) is 0 Å². The Morgan fingerprint density at radius 3 is 1.56 bits per heavy atom. The predicted octanol–water partition coefficient (Wildman–Crippen LogP) is 8.46. The maximum absolute atomic E-state index is 13.1. The van der Waals surface area contributed by atoms with Gasteiger partial charge in [-0.2, -0.15) is 0 Å². The van der Waals surface area contributed by atoms with Crippen molar-refractivity contribution in [2.75, 3.05) is 6.61 Å². The molecular weight excluding hydrogens is 438 g/mol. The number of benzene rings is 1. The highest BCUT2D eigenvalue weighted by atomic mass is 19.1. The minimum absolute atomic E-state index is 0.0738. The van der Waals surface area contributed by atoms with E-state index in [4.69, 9.17) is 9.47 Å². The van der Waals surface area contributed by atoms with Gasteiger partial charge in [-0.3, -0.25) is 9.59 Å². The van der Waals surface area contributed by atoms with E-state index >= 15 is 0 Å². The van der Waals surface area contributed by atoms with E-state index in [2.05, 4.69) is 6.92 Å². The third-order valence-corrected chi connectivity index (χ3v) is 5.84. The zero-order chi connectivity index (χ0) is 24.9.